The molecule has 400 valence electrons. The highest BCUT2D eigenvalue weighted by molar-refractivity contribution is 5.86. The summed E-state index contributed by atoms with van der Waals surface area (Å²) in [5, 5.41) is 41.5. The van der Waals surface area contributed by atoms with Crippen molar-refractivity contribution in [3.63, 3.8) is 0 Å². The van der Waals surface area contributed by atoms with Gasteiger partial charge in [0.15, 0.2) is 6.23 Å². The first-order valence-corrected chi connectivity index (χ1v) is 28.6. The highest BCUT2D eigenvalue weighted by atomic mass is 16.6. The Balaban J connectivity index is 1.99. The molecule has 1 aromatic carbocycles. The number of aliphatic hydroxyl groups is 3. The SMILES string of the molecule is CCCCCCCCCCCCCCCCCCNC(=O)N(CCCCCCCCCCCCCCCCCC)[C@@H]1O[C@H](CO)[C@@H](O)[C@H](O)[C@H]1NC(=O)[C@H](CC(C)C)NC(=O)OCc1ccccc1. The molecule has 2 rings (SSSR count). The molecule has 1 heterocycles. The number of benzene rings is 1. The molecule has 1 aromatic rings. The highest BCUT2D eigenvalue weighted by Gasteiger charge is 2.48. The Bertz CT molecular complexity index is 1390. The number of carbonyl (C=O) groups is 3. The zero-order valence-electron chi connectivity index (χ0n) is 44.4. The van der Waals surface area contributed by atoms with Gasteiger partial charge >= 0.3 is 12.1 Å². The molecule has 1 saturated heterocycles. The monoisotopic (exact) mass is 973 g/mol. The van der Waals surface area contributed by atoms with E-state index in [0.29, 0.717) is 19.5 Å². The fourth-order valence-corrected chi connectivity index (χ4v) is 9.54. The van der Waals surface area contributed by atoms with Gasteiger partial charge < -0.3 is 40.7 Å². The normalized spacial score (nSPS) is 18.5. The molecule has 12 nitrogen and oxygen atoms in total. The summed E-state index contributed by atoms with van der Waals surface area (Å²) in [4.78, 5) is 42.7. The Labute approximate surface area is 421 Å². The third-order valence-electron chi connectivity index (χ3n) is 13.9. The second kappa shape index (κ2) is 41.7. The van der Waals surface area contributed by atoms with Gasteiger partial charge in [0, 0.05) is 13.1 Å². The number of rotatable bonds is 43. The van der Waals surface area contributed by atoms with Crippen molar-refractivity contribution in [2.75, 3.05) is 19.7 Å². The largest absolute Gasteiger partial charge is 0.445 e. The lowest BCUT2D eigenvalue weighted by Crippen LogP contribution is -2.70. The molecule has 0 aromatic heterocycles. The van der Waals surface area contributed by atoms with Gasteiger partial charge in [0.25, 0.3) is 0 Å². The Kier molecular flexibility index (Phi) is 37.6. The van der Waals surface area contributed by atoms with Crippen molar-refractivity contribution < 1.29 is 39.2 Å². The molecule has 0 radical (unpaired) electrons. The number of nitrogens with one attached hydrogen (secondary N) is 3. The van der Waals surface area contributed by atoms with Crippen LogP contribution in [0.5, 0.6) is 0 Å². The van der Waals surface area contributed by atoms with E-state index in [0.717, 1.165) is 44.1 Å². The molecular formula is C57H104N4O8. The quantitative estimate of drug-likeness (QED) is 0.0351. The third-order valence-corrected chi connectivity index (χ3v) is 13.9. The maximum Gasteiger partial charge on any atom is 0.408 e. The third kappa shape index (κ3) is 29.9. The van der Waals surface area contributed by atoms with Gasteiger partial charge in [-0.1, -0.05) is 251 Å². The molecule has 6 atom stereocenters. The summed E-state index contributed by atoms with van der Waals surface area (Å²) in [5.41, 5.74) is 0.799. The summed E-state index contributed by atoms with van der Waals surface area (Å²) in [6, 6.07) is 6.57. The van der Waals surface area contributed by atoms with E-state index in [9.17, 15) is 29.7 Å². The van der Waals surface area contributed by atoms with Crippen molar-refractivity contribution in [3.8, 4) is 0 Å². The molecule has 69 heavy (non-hydrogen) atoms. The molecule has 0 saturated carbocycles. The second-order valence-electron chi connectivity index (χ2n) is 20.7. The highest BCUT2D eigenvalue weighted by Crippen LogP contribution is 2.26. The minimum atomic E-state index is -1.57. The number of ether oxygens (including phenoxy) is 2. The first-order chi connectivity index (χ1) is 33.6. The van der Waals surface area contributed by atoms with E-state index >= 15 is 0 Å². The minimum Gasteiger partial charge on any atom is -0.445 e. The molecule has 0 aliphatic carbocycles. The van der Waals surface area contributed by atoms with Gasteiger partial charge in [-0.3, -0.25) is 9.69 Å². The first-order valence-electron chi connectivity index (χ1n) is 28.6. The van der Waals surface area contributed by atoms with Gasteiger partial charge in [-0.25, -0.2) is 9.59 Å². The van der Waals surface area contributed by atoms with E-state index < -0.39 is 55.2 Å². The van der Waals surface area contributed by atoms with Crippen molar-refractivity contribution in [2.24, 2.45) is 5.92 Å². The van der Waals surface area contributed by atoms with Crippen LogP contribution in [-0.2, 0) is 20.9 Å². The van der Waals surface area contributed by atoms with Gasteiger partial charge in [0.1, 0.15) is 37.0 Å². The molecule has 0 spiro atoms. The van der Waals surface area contributed by atoms with Crippen LogP contribution in [0.1, 0.15) is 245 Å². The minimum absolute atomic E-state index is 0.00424. The van der Waals surface area contributed by atoms with E-state index in [1.807, 2.05) is 44.2 Å². The summed E-state index contributed by atoms with van der Waals surface area (Å²) in [7, 11) is 0. The van der Waals surface area contributed by atoms with Gasteiger partial charge in [-0.05, 0) is 30.7 Å². The molecule has 0 bridgehead atoms. The lowest BCUT2D eigenvalue weighted by molar-refractivity contribution is -0.224. The van der Waals surface area contributed by atoms with Crippen LogP contribution in [0.2, 0.25) is 0 Å². The van der Waals surface area contributed by atoms with Crippen molar-refractivity contribution in [2.45, 2.75) is 283 Å². The zero-order valence-corrected chi connectivity index (χ0v) is 44.4. The number of hydrogen-bond acceptors (Lipinski definition) is 8. The predicted octanol–water partition coefficient (Wildman–Crippen LogP) is 12.8. The van der Waals surface area contributed by atoms with Gasteiger partial charge in [-0.15, -0.1) is 0 Å². The lowest BCUT2D eigenvalue weighted by Gasteiger charge is -2.47. The molecular weight excluding hydrogens is 869 g/mol. The Morgan fingerprint density at radius 3 is 1.49 bits per heavy atom. The molecule has 6 N–H and O–H groups in total. The Hall–Kier alpha value is -2.93. The van der Waals surface area contributed by atoms with E-state index in [1.165, 1.54) is 165 Å². The summed E-state index contributed by atoms with van der Waals surface area (Å²) in [6.45, 7) is 8.58. The van der Waals surface area contributed by atoms with Crippen molar-refractivity contribution >= 4 is 18.0 Å². The smallest absolute Gasteiger partial charge is 0.408 e. The fraction of sp³-hybridized carbons (Fsp3) is 0.842. The van der Waals surface area contributed by atoms with Gasteiger partial charge in [0.2, 0.25) is 5.91 Å². The number of aliphatic hydroxyl groups excluding tert-OH is 3. The number of amides is 4. The molecule has 12 heteroatoms. The first kappa shape index (κ1) is 62.2. The summed E-state index contributed by atoms with van der Waals surface area (Å²) in [5.74, 6) is -0.604. The maximum atomic E-state index is 14.2. The standard InChI is InChI=1S/C57H104N4O8/c1-5-7-9-11-13-15-17-19-21-23-25-27-29-31-33-38-42-58-56(66)61(43-39-34-32-30-28-26-24-22-20-18-16-14-12-10-8-6-2)55-51(53(64)52(63)50(45-62)69-55)60-54(65)49(44-47(3)4)59-57(67)68-46-48-40-36-35-37-41-48/h35-37,40-41,47,49-53,55,62-64H,5-34,38-39,42-46H2,1-4H3,(H,58,66)(H,59,67)(H,60,65)/t49-,50+,51+,52+,53+,55+/m0/s1. The number of unbranched alkanes of at least 4 members (excludes halogenated alkanes) is 30. The van der Waals surface area contributed by atoms with E-state index in [1.54, 1.807) is 0 Å². The van der Waals surface area contributed by atoms with Crippen LogP contribution in [0.3, 0.4) is 0 Å². The molecule has 4 amide bonds. The van der Waals surface area contributed by atoms with Crippen LogP contribution in [0.15, 0.2) is 30.3 Å². The number of carbonyl (C=O) groups excluding carboxylic acids is 3. The van der Waals surface area contributed by atoms with Crippen LogP contribution in [-0.4, -0.2) is 94.6 Å². The Morgan fingerprint density at radius 1 is 0.623 bits per heavy atom. The Morgan fingerprint density at radius 2 is 1.06 bits per heavy atom. The number of urea groups is 1. The van der Waals surface area contributed by atoms with E-state index in [2.05, 4.69) is 29.8 Å². The molecule has 1 aliphatic rings. The van der Waals surface area contributed by atoms with Crippen molar-refractivity contribution in [3.05, 3.63) is 35.9 Å². The van der Waals surface area contributed by atoms with E-state index in [-0.39, 0.29) is 25.0 Å². The zero-order chi connectivity index (χ0) is 50.2. The number of hydrogen-bond donors (Lipinski definition) is 6. The second-order valence-corrected chi connectivity index (χ2v) is 20.7. The topological polar surface area (TPSA) is 170 Å². The molecule has 1 aliphatic heterocycles. The average molecular weight is 973 g/mol. The predicted molar refractivity (Wildman–Crippen MR) is 282 cm³/mol. The molecule has 0 unspecified atom stereocenters. The van der Waals surface area contributed by atoms with Crippen LogP contribution in [0.4, 0.5) is 9.59 Å². The van der Waals surface area contributed by atoms with E-state index in [4.69, 9.17) is 9.47 Å². The maximum absolute atomic E-state index is 14.2. The number of nitrogens with zero attached hydrogens (tertiary/aromatic N) is 1. The summed E-state index contributed by atoms with van der Waals surface area (Å²) in [6.07, 6.45) is 33.8. The van der Waals surface area contributed by atoms with Gasteiger partial charge in [-0.2, -0.15) is 0 Å². The average Bonchev–Trinajstić information content (AvgIpc) is 3.34. The van der Waals surface area contributed by atoms with Gasteiger partial charge in [0.05, 0.1) is 6.61 Å². The number of alkyl carbamates (subject to hydrolysis) is 1. The van der Waals surface area contributed by atoms with Crippen LogP contribution in [0.25, 0.3) is 0 Å². The van der Waals surface area contributed by atoms with Crippen molar-refractivity contribution in [1.82, 2.24) is 20.9 Å². The summed E-state index contributed by atoms with van der Waals surface area (Å²) >= 11 is 0. The summed E-state index contributed by atoms with van der Waals surface area (Å²) < 4.78 is 11.7. The molecule has 1 fully saturated rings. The lowest BCUT2D eigenvalue weighted by atomic mass is 9.94. The fourth-order valence-electron chi connectivity index (χ4n) is 9.54. The van der Waals surface area contributed by atoms with Crippen LogP contribution < -0.4 is 16.0 Å². The van der Waals surface area contributed by atoms with Crippen LogP contribution >= 0.6 is 0 Å². The van der Waals surface area contributed by atoms with Crippen molar-refractivity contribution in [1.29, 1.82) is 0 Å². The van der Waals surface area contributed by atoms with Crippen LogP contribution in [0, 0.1) is 5.92 Å².